The molecule has 1 saturated carbocycles. The van der Waals surface area contributed by atoms with Gasteiger partial charge in [-0.2, -0.15) is 0 Å². The molecule has 0 saturated heterocycles. The second kappa shape index (κ2) is 8.48. The minimum atomic E-state index is -5.17. The average Bonchev–Trinajstić information content (AvgIpc) is 2.76. The Morgan fingerprint density at radius 1 is 0.871 bits per heavy atom. The zero-order valence-corrected chi connectivity index (χ0v) is 17.1. The van der Waals surface area contributed by atoms with Crippen molar-refractivity contribution in [2.24, 2.45) is 5.92 Å². The lowest BCUT2D eigenvalue weighted by Gasteiger charge is -2.28. The predicted octanol–water partition coefficient (Wildman–Crippen LogP) is 8.37. The zero-order chi connectivity index (χ0) is 22.2. The Bertz CT molecular complexity index is 1060. The van der Waals surface area contributed by atoms with Gasteiger partial charge in [-0.25, -0.2) is 8.78 Å². The summed E-state index contributed by atoms with van der Waals surface area (Å²) in [5.41, 5.74) is 2.91. The lowest BCUT2D eigenvalue weighted by atomic mass is 9.77. The number of benzene rings is 3. The van der Waals surface area contributed by atoms with E-state index in [1.54, 1.807) is 12.1 Å². The van der Waals surface area contributed by atoms with Gasteiger partial charge in [0.15, 0.2) is 11.6 Å². The molecule has 0 heterocycles. The van der Waals surface area contributed by atoms with Crippen molar-refractivity contribution in [2.75, 3.05) is 0 Å². The monoisotopic (exact) mass is 434 g/mol. The fraction of sp³-hybridized carbons (Fsp3) is 0.360. The van der Waals surface area contributed by atoms with Crippen LogP contribution in [0.1, 0.15) is 50.5 Å². The summed E-state index contributed by atoms with van der Waals surface area (Å²) in [5, 5.41) is 0.0395. The minimum Gasteiger partial charge on any atom is -0.399 e. The predicted molar refractivity (Wildman–Crippen MR) is 111 cm³/mol. The maximum atomic E-state index is 14.4. The minimum absolute atomic E-state index is 0.131. The topological polar surface area (TPSA) is 9.23 Å². The summed E-state index contributed by atoms with van der Waals surface area (Å²) in [5.74, 6) is -2.80. The van der Waals surface area contributed by atoms with Crippen molar-refractivity contribution >= 4 is 10.8 Å². The summed E-state index contributed by atoms with van der Waals surface area (Å²) in [4.78, 5) is 0. The van der Waals surface area contributed by atoms with Gasteiger partial charge in [0.1, 0.15) is 0 Å². The summed E-state index contributed by atoms with van der Waals surface area (Å²) < 4.78 is 69.4. The molecule has 1 aliphatic rings. The SMILES string of the molecule is CC[C@H]1CC[C@H](c2ccc(-c3ccc4c(F)c(OC(F)(F)F)c(F)cc4c3)cc2)CC1. The normalized spacial score (nSPS) is 19.5. The first-order valence-corrected chi connectivity index (χ1v) is 10.5. The molecule has 1 nitrogen and oxygen atoms in total. The lowest BCUT2D eigenvalue weighted by molar-refractivity contribution is -0.276. The molecule has 0 unspecified atom stereocenters. The molecule has 0 amide bonds. The molecule has 31 heavy (non-hydrogen) atoms. The van der Waals surface area contributed by atoms with Crippen molar-refractivity contribution in [3.63, 3.8) is 0 Å². The van der Waals surface area contributed by atoms with Gasteiger partial charge in [0.25, 0.3) is 0 Å². The van der Waals surface area contributed by atoms with Crippen LogP contribution in [0, 0.1) is 17.6 Å². The molecular formula is C25H23F5O. The van der Waals surface area contributed by atoms with Crippen molar-refractivity contribution in [3.8, 4) is 16.9 Å². The van der Waals surface area contributed by atoms with Crippen LogP contribution in [0.3, 0.4) is 0 Å². The summed E-state index contributed by atoms with van der Waals surface area (Å²) >= 11 is 0. The Morgan fingerprint density at radius 3 is 2.13 bits per heavy atom. The van der Waals surface area contributed by atoms with E-state index in [0.717, 1.165) is 23.1 Å². The van der Waals surface area contributed by atoms with Crippen LogP contribution in [0.25, 0.3) is 21.9 Å². The third kappa shape index (κ3) is 4.68. The molecule has 0 aromatic heterocycles. The zero-order valence-electron chi connectivity index (χ0n) is 17.1. The van der Waals surface area contributed by atoms with E-state index in [9.17, 15) is 22.0 Å². The van der Waals surface area contributed by atoms with Crippen LogP contribution in [0.2, 0.25) is 0 Å². The lowest BCUT2D eigenvalue weighted by Crippen LogP contribution is -2.19. The third-order valence-corrected chi connectivity index (χ3v) is 6.34. The van der Waals surface area contributed by atoms with Gasteiger partial charge in [0.05, 0.1) is 0 Å². The molecule has 6 heteroatoms. The highest BCUT2D eigenvalue weighted by molar-refractivity contribution is 5.89. The third-order valence-electron chi connectivity index (χ3n) is 6.34. The fourth-order valence-electron chi connectivity index (χ4n) is 4.55. The summed E-state index contributed by atoms with van der Waals surface area (Å²) in [6.07, 6.45) is 0.949. The van der Waals surface area contributed by atoms with E-state index < -0.39 is 23.7 Å². The number of hydrogen-bond donors (Lipinski definition) is 0. The Balaban J connectivity index is 1.59. The van der Waals surface area contributed by atoms with Crippen LogP contribution in [0.5, 0.6) is 5.75 Å². The van der Waals surface area contributed by atoms with Gasteiger partial charge in [-0.1, -0.05) is 49.7 Å². The molecule has 3 aromatic rings. The number of rotatable bonds is 4. The van der Waals surface area contributed by atoms with Gasteiger partial charge in [-0.05, 0) is 71.7 Å². The number of fused-ring (bicyclic) bond motifs is 1. The first-order valence-electron chi connectivity index (χ1n) is 10.5. The molecule has 3 aromatic carbocycles. The van der Waals surface area contributed by atoms with E-state index in [1.165, 1.54) is 43.7 Å². The van der Waals surface area contributed by atoms with Crippen LogP contribution >= 0.6 is 0 Å². The summed E-state index contributed by atoms with van der Waals surface area (Å²) in [6.45, 7) is 2.24. The van der Waals surface area contributed by atoms with Crippen molar-refractivity contribution in [1.29, 1.82) is 0 Å². The largest absolute Gasteiger partial charge is 0.573 e. The molecule has 0 N–H and O–H groups in total. The Labute approximate surface area is 177 Å². The molecule has 164 valence electrons. The standard InChI is InChI=1S/C25H23F5O/c1-2-15-3-5-16(6-4-15)17-7-9-18(10-8-17)19-11-12-21-20(13-19)14-22(26)24(23(21)27)31-25(28,29)30/h7-16H,2-6H2,1H3/t15-,16-. The van der Waals surface area contributed by atoms with Gasteiger partial charge in [-0.15, -0.1) is 13.2 Å². The molecular weight excluding hydrogens is 411 g/mol. The average molecular weight is 434 g/mol. The van der Waals surface area contributed by atoms with Gasteiger partial charge in [0, 0.05) is 5.39 Å². The van der Waals surface area contributed by atoms with Crippen LogP contribution in [0.15, 0.2) is 48.5 Å². The number of halogens is 5. The van der Waals surface area contributed by atoms with E-state index in [0.29, 0.717) is 5.92 Å². The van der Waals surface area contributed by atoms with E-state index in [-0.39, 0.29) is 10.8 Å². The second-order valence-corrected chi connectivity index (χ2v) is 8.23. The van der Waals surface area contributed by atoms with Crippen molar-refractivity contribution < 1.29 is 26.7 Å². The van der Waals surface area contributed by atoms with Gasteiger partial charge in [0.2, 0.25) is 5.75 Å². The van der Waals surface area contributed by atoms with Gasteiger partial charge < -0.3 is 4.74 Å². The van der Waals surface area contributed by atoms with Crippen LogP contribution in [-0.2, 0) is 0 Å². The first kappa shape index (κ1) is 21.6. The van der Waals surface area contributed by atoms with E-state index in [2.05, 4.69) is 23.8 Å². The maximum Gasteiger partial charge on any atom is 0.573 e. The fourth-order valence-corrected chi connectivity index (χ4v) is 4.55. The second-order valence-electron chi connectivity index (χ2n) is 8.23. The number of alkyl halides is 3. The molecule has 1 aliphatic carbocycles. The highest BCUT2D eigenvalue weighted by Gasteiger charge is 2.34. The van der Waals surface area contributed by atoms with Crippen molar-refractivity contribution in [2.45, 2.75) is 51.3 Å². The smallest absolute Gasteiger partial charge is 0.399 e. The number of hydrogen-bond acceptors (Lipinski definition) is 1. The van der Waals surface area contributed by atoms with Gasteiger partial charge in [-0.3, -0.25) is 0 Å². The molecule has 1 fully saturated rings. The molecule has 0 bridgehead atoms. The maximum absolute atomic E-state index is 14.4. The summed E-state index contributed by atoms with van der Waals surface area (Å²) in [6, 6.07) is 13.6. The highest BCUT2D eigenvalue weighted by Crippen LogP contribution is 2.38. The highest BCUT2D eigenvalue weighted by atomic mass is 19.4. The van der Waals surface area contributed by atoms with Crippen molar-refractivity contribution in [3.05, 3.63) is 65.7 Å². The van der Waals surface area contributed by atoms with E-state index in [4.69, 9.17) is 0 Å². The Kier molecular flexibility index (Phi) is 5.91. The Hall–Kier alpha value is -2.63. The number of ether oxygens (including phenoxy) is 1. The molecule has 0 radical (unpaired) electrons. The van der Waals surface area contributed by atoms with E-state index in [1.807, 2.05) is 12.1 Å². The van der Waals surface area contributed by atoms with Crippen molar-refractivity contribution in [1.82, 2.24) is 0 Å². The quantitative estimate of drug-likeness (QED) is 0.375. The molecule has 0 atom stereocenters. The summed E-state index contributed by atoms with van der Waals surface area (Å²) in [7, 11) is 0. The van der Waals surface area contributed by atoms with Crippen LogP contribution < -0.4 is 4.74 Å². The first-order chi connectivity index (χ1) is 14.7. The molecule has 0 spiro atoms. The molecule has 4 rings (SSSR count). The van der Waals surface area contributed by atoms with E-state index >= 15 is 0 Å². The van der Waals surface area contributed by atoms with Crippen LogP contribution in [0.4, 0.5) is 22.0 Å². The van der Waals surface area contributed by atoms with Crippen LogP contribution in [-0.4, -0.2) is 6.36 Å². The van der Waals surface area contributed by atoms with Gasteiger partial charge >= 0.3 is 6.36 Å². The molecule has 0 aliphatic heterocycles. The Morgan fingerprint density at radius 2 is 1.52 bits per heavy atom.